The van der Waals surface area contributed by atoms with Gasteiger partial charge in [0.25, 0.3) is 18.2 Å². The number of nitrogens with two attached hydrogens (primary N) is 1. The van der Waals surface area contributed by atoms with Gasteiger partial charge in [0, 0.05) is 35.5 Å². The Morgan fingerprint density at radius 1 is 1.12 bits per heavy atom. The number of carbonyl (C=O) groups excluding carboxylic acids is 2. The molecule has 0 bridgehead atoms. The first-order valence-electron chi connectivity index (χ1n) is 12.6. The van der Waals surface area contributed by atoms with E-state index in [1.165, 1.54) is 12.1 Å². The van der Waals surface area contributed by atoms with E-state index in [1.807, 2.05) is 18.5 Å². The fourth-order valence-electron chi connectivity index (χ4n) is 4.77. The zero-order chi connectivity index (χ0) is 28.8. The van der Waals surface area contributed by atoms with Crippen LogP contribution in [0.25, 0.3) is 38.2 Å². The van der Waals surface area contributed by atoms with Gasteiger partial charge in [-0.25, -0.2) is 23.3 Å². The zero-order valence-corrected chi connectivity index (χ0v) is 22.6. The Bertz CT molecular complexity index is 1960. The summed E-state index contributed by atoms with van der Waals surface area (Å²) >= 11 is 0.839. The van der Waals surface area contributed by atoms with E-state index in [4.69, 9.17) is 5.73 Å². The number of thiophene rings is 1. The van der Waals surface area contributed by atoms with Crippen molar-refractivity contribution in [1.82, 2.24) is 29.4 Å². The van der Waals surface area contributed by atoms with E-state index >= 15 is 0 Å². The number of fused-ring (bicyclic) bond motifs is 2. The van der Waals surface area contributed by atoms with Gasteiger partial charge in [-0.1, -0.05) is 30.3 Å². The maximum Gasteiger partial charge on any atom is 0.280 e. The summed E-state index contributed by atoms with van der Waals surface area (Å²) in [6, 6.07) is 13.4. The molecule has 0 saturated carbocycles. The molecule has 5 aromatic heterocycles. The largest absolute Gasteiger partial charge is 0.365 e. The quantitative estimate of drug-likeness (QED) is 0.260. The van der Waals surface area contributed by atoms with Crippen LogP contribution in [0.5, 0.6) is 0 Å². The van der Waals surface area contributed by atoms with E-state index in [0.717, 1.165) is 22.6 Å². The van der Waals surface area contributed by atoms with E-state index in [2.05, 4.69) is 25.5 Å². The Morgan fingerprint density at radius 2 is 1.90 bits per heavy atom. The van der Waals surface area contributed by atoms with Crippen molar-refractivity contribution in [2.75, 3.05) is 5.32 Å². The number of hydrogen-bond donors (Lipinski definition) is 2. The number of nitrogens with zero attached hydrogens (tertiary/aromatic N) is 6. The van der Waals surface area contributed by atoms with Crippen molar-refractivity contribution in [3.63, 3.8) is 0 Å². The lowest BCUT2D eigenvalue weighted by Gasteiger charge is -2.10. The SMILES string of the molecule is CCn1ncc(-c2ccnc3cc(C(=O)Nc4c(C(N)=O)sc5nc(C(F)F)cc(-c6ccccc6)c45)nn23)c1C. The molecule has 0 aliphatic heterocycles. The predicted molar refractivity (Wildman–Crippen MR) is 151 cm³/mol. The van der Waals surface area contributed by atoms with Crippen molar-refractivity contribution in [3.05, 3.63) is 82.9 Å². The minimum atomic E-state index is -2.84. The van der Waals surface area contributed by atoms with Crippen LogP contribution in [0.4, 0.5) is 14.5 Å². The minimum Gasteiger partial charge on any atom is -0.365 e. The Kier molecular flexibility index (Phi) is 6.50. The molecule has 0 aliphatic rings. The average Bonchev–Trinajstić information content (AvgIpc) is 3.68. The molecule has 10 nitrogen and oxygen atoms in total. The van der Waals surface area contributed by atoms with Crippen LogP contribution < -0.4 is 11.1 Å². The van der Waals surface area contributed by atoms with Crippen molar-refractivity contribution in [2.24, 2.45) is 5.73 Å². The van der Waals surface area contributed by atoms with Crippen molar-refractivity contribution in [3.8, 4) is 22.4 Å². The summed E-state index contributed by atoms with van der Waals surface area (Å²) in [4.78, 5) is 34.6. The van der Waals surface area contributed by atoms with Gasteiger partial charge in [0.2, 0.25) is 0 Å². The molecule has 1 aromatic carbocycles. The van der Waals surface area contributed by atoms with Crippen molar-refractivity contribution in [1.29, 1.82) is 0 Å². The van der Waals surface area contributed by atoms with Crippen LogP contribution in [0.2, 0.25) is 0 Å². The lowest BCUT2D eigenvalue weighted by atomic mass is 10.0. The van der Waals surface area contributed by atoms with Gasteiger partial charge < -0.3 is 11.1 Å². The van der Waals surface area contributed by atoms with Crippen LogP contribution in [0.3, 0.4) is 0 Å². The van der Waals surface area contributed by atoms with E-state index in [0.29, 0.717) is 34.4 Å². The van der Waals surface area contributed by atoms with Gasteiger partial charge in [0.1, 0.15) is 15.4 Å². The summed E-state index contributed by atoms with van der Waals surface area (Å²) < 4.78 is 30.9. The number of anilines is 1. The topological polar surface area (TPSA) is 133 Å². The Balaban J connectivity index is 1.48. The number of pyridine rings is 1. The average molecular weight is 573 g/mol. The molecule has 41 heavy (non-hydrogen) atoms. The number of benzene rings is 1. The van der Waals surface area contributed by atoms with Crippen LogP contribution in [-0.2, 0) is 6.54 Å². The van der Waals surface area contributed by atoms with Gasteiger partial charge in [-0.15, -0.1) is 11.3 Å². The van der Waals surface area contributed by atoms with E-state index in [9.17, 15) is 18.4 Å². The number of hydrogen-bond acceptors (Lipinski definition) is 7. The summed E-state index contributed by atoms with van der Waals surface area (Å²) in [7, 11) is 0. The number of alkyl halides is 2. The molecule has 0 spiro atoms. The highest BCUT2D eigenvalue weighted by Crippen LogP contribution is 2.42. The zero-order valence-electron chi connectivity index (χ0n) is 21.8. The Morgan fingerprint density at radius 3 is 2.59 bits per heavy atom. The van der Waals surface area contributed by atoms with E-state index < -0.39 is 23.9 Å². The third-order valence-electron chi connectivity index (χ3n) is 6.72. The molecule has 0 fully saturated rings. The molecule has 0 atom stereocenters. The molecule has 3 N–H and O–H groups in total. The third kappa shape index (κ3) is 4.49. The van der Waals surface area contributed by atoms with Gasteiger partial charge in [-0.05, 0) is 37.1 Å². The summed E-state index contributed by atoms with van der Waals surface area (Å²) in [6.45, 7) is 4.63. The standard InChI is InChI=1S/C28H22F2N8O2S/c1-3-37-14(2)17(13-33-37)20-9-10-32-21-12-19(36-38(20)21)27(40)35-23-22-16(15-7-5-4-6-8-15)11-18(25(29)30)34-28(22)41-24(23)26(31)39/h4-13,25H,3H2,1-2H3,(H2,31,39)(H,35,40). The highest BCUT2D eigenvalue weighted by Gasteiger charge is 2.26. The number of nitrogens with one attached hydrogen (secondary N) is 1. The molecule has 206 valence electrons. The van der Waals surface area contributed by atoms with Gasteiger partial charge in [-0.3, -0.25) is 14.3 Å². The fourth-order valence-corrected chi connectivity index (χ4v) is 5.79. The van der Waals surface area contributed by atoms with Gasteiger partial charge in [0.05, 0.1) is 17.6 Å². The molecule has 6 aromatic rings. The number of aryl methyl sites for hydroxylation is 1. The van der Waals surface area contributed by atoms with E-state index in [-0.39, 0.29) is 21.1 Å². The summed E-state index contributed by atoms with van der Waals surface area (Å²) in [6.07, 6.45) is 0.510. The molecule has 2 amide bonds. The van der Waals surface area contributed by atoms with E-state index in [1.54, 1.807) is 53.3 Å². The Labute approximate surface area is 235 Å². The molecule has 0 saturated heterocycles. The first-order chi connectivity index (χ1) is 19.8. The molecular formula is C28H22F2N8O2S. The lowest BCUT2D eigenvalue weighted by Crippen LogP contribution is -2.17. The van der Waals surface area contributed by atoms with Gasteiger partial charge in [-0.2, -0.15) is 10.2 Å². The fraction of sp³-hybridized carbons (Fsp3) is 0.143. The van der Waals surface area contributed by atoms with Crippen molar-refractivity contribution >= 4 is 44.7 Å². The van der Waals surface area contributed by atoms with Crippen LogP contribution in [0, 0.1) is 6.92 Å². The summed E-state index contributed by atoms with van der Waals surface area (Å²) in [5.41, 5.74) is 9.19. The van der Waals surface area contributed by atoms with Crippen LogP contribution in [0.1, 0.15) is 44.9 Å². The number of aromatic nitrogens is 6. The smallest absolute Gasteiger partial charge is 0.280 e. The number of amides is 2. The maximum absolute atomic E-state index is 13.8. The predicted octanol–water partition coefficient (Wildman–Crippen LogP) is 5.49. The lowest BCUT2D eigenvalue weighted by molar-refractivity contribution is 0.100. The first-order valence-corrected chi connectivity index (χ1v) is 13.4. The first kappa shape index (κ1) is 26.2. The van der Waals surface area contributed by atoms with Crippen LogP contribution in [-0.4, -0.2) is 41.2 Å². The highest BCUT2D eigenvalue weighted by molar-refractivity contribution is 7.21. The number of primary amides is 1. The molecule has 0 unspecified atom stereocenters. The molecule has 6 rings (SSSR count). The van der Waals surface area contributed by atoms with Gasteiger partial charge in [0.15, 0.2) is 11.3 Å². The molecule has 0 aliphatic carbocycles. The number of rotatable bonds is 7. The van der Waals surface area contributed by atoms with Gasteiger partial charge >= 0.3 is 0 Å². The van der Waals surface area contributed by atoms with Crippen molar-refractivity contribution in [2.45, 2.75) is 26.8 Å². The summed E-state index contributed by atoms with van der Waals surface area (Å²) in [5, 5.41) is 12.0. The minimum absolute atomic E-state index is 0.0189. The van der Waals surface area contributed by atoms with Crippen molar-refractivity contribution < 1.29 is 18.4 Å². The number of halogens is 2. The molecule has 0 radical (unpaired) electrons. The maximum atomic E-state index is 13.8. The van der Waals surface area contributed by atoms with Crippen LogP contribution >= 0.6 is 11.3 Å². The third-order valence-corrected chi connectivity index (χ3v) is 7.82. The second-order valence-electron chi connectivity index (χ2n) is 9.16. The highest BCUT2D eigenvalue weighted by atomic mass is 32.1. The number of carbonyl (C=O) groups is 2. The Hall–Kier alpha value is -5.04. The second-order valence-corrected chi connectivity index (χ2v) is 10.2. The summed E-state index contributed by atoms with van der Waals surface area (Å²) in [5.74, 6) is -1.47. The molecule has 13 heteroatoms. The molecular weight excluding hydrogens is 550 g/mol. The second kappa shape index (κ2) is 10.2. The van der Waals surface area contributed by atoms with Crippen LogP contribution in [0.15, 0.2) is 60.9 Å². The normalized spacial score (nSPS) is 11.5. The molecule has 5 heterocycles. The monoisotopic (exact) mass is 572 g/mol.